The molecular formula is C11H15NO3S. The highest BCUT2D eigenvalue weighted by molar-refractivity contribution is 7.91. The Hall–Kier alpha value is -1.07. The molecule has 5 heteroatoms. The molecular weight excluding hydrogens is 226 g/mol. The molecule has 1 heterocycles. The van der Waals surface area contributed by atoms with Gasteiger partial charge in [0.25, 0.3) is 0 Å². The second-order valence-electron chi connectivity index (χ2n) is 4.55. The third-order valence-corrected chi connectivity index (χ3v) is 4.75. The summed E-state index contributed by atoms with van der Waals surface area (Å²) in [5.74, 6) is 0.441. The lowest BCUT2D eigenvalue weighted by molar-refractivity contribution is 0.468. The Morgan fingerprint density at radius 2 is 1.94 bits per heavy atom. The van der Waals surface area contributed by atoms with Crippen molar-refractivity contribution in [3.63, 3.8) is 0 Å². The molecule has 1 aliphatic rings. The quantitative estimate of drug-likeness (QED) is 0.788. The molecule has 1 aromatic rings. The minimum atomic E-state index is -2.96. The number of benzene rings is 1. The molecule has 0 aliphatic carbocycles. The summed E-state index contributed by atoms with van der Waals surface area (Å²) < 4.78 is 22.7. The molecule has 0 amide bonds. The monoisotopic (exact) mass is 241 g/mol. The van der Waals surface area contributed by atoms with Gasteiger partial charge >= 0.3 is 0 Å². The fourth-order valence-electron chi connectivity index (χ4n) is 2.10. The maximum atomic E-state index is 11.4. The molecule has 1 unspecified atom stereocenters. The van der Waals surface area contributed by atoms with Gasteiger partial charge in [0.2, 0.25) is 0 Å². The van der Waals surface area contributed by atoms with Crippen LogP contribution in [0.1, 0.15) is 12.0 Å². The van der Waals surface area contributed by atoms with Crippen LogP contribution in [0.5, 0.6) is 5.75 Å². The molecule has 88 valence electrons. The molecule has 3 N–H and O–H groups in total. The first-order chi connectivity index (χ1) is 7.39. The van der Waals surface area contributed by atoms with Crippen LogP contribution in [0.3, 0.4) is 0 Å². The average Bonchev–Trinajstić information content (AvgIpc) is 2.45. The van der Waals surface area contributed by atoms with E-state index in [9.17, 15) is 8.42 Å². The van der Waals surface area contributed by atoms with Crippen molar-refractivity contribution in [3.8, 4) is 5.75 Å². The van der Waals surface area contributed by atoms with Crippen molar-refractivity contribution in [2.24, 2.45) is 5.73 Å². The van der Waals surface area contributed by atoms with Crippen molar-refractivity contribution in [2.75, 3.05) is 11.5 Å². The van der Waals surface area contributed by atoms with Crippen LogP contribution in [-0.2, 0) is 16.3 Å². The van der Waals surface area contributed by atoms with Crippen LogP contribution in [0.4, 0.5) is 0 Å². The number of phenolic OH excluding ortho intramolecular Hbond substituents is 1. The van der Waals surface area contributed by atoms with E-state index in [1.807, 2.05) is 0 Å². The van der Waals surface area contributed by atoms with Gasteiger partial charge in [-0.15, -0.1) is 0 Å². The number of sulfone groups is 1. The summed E-state index contributed by atoms with van der Waals surface area (Å²) in [7, 11) is -2.96. The Morgan fingerprint density at radius 1 is 1.31 bits per heavy atom. The minimum Gasteiger partial charge on any atom is -0.508 e. The summed E-state index contributed by atoms with van der Waals surface area (Å²) >= 11 is 0. The molecule has 16 heavy (non-hydrogen) atoms. The predicted octanol–water partition coefficient (Wildman–Crippen LogP) is 0.451. The van der Waals surface area contributed by atoms with E-state index in [1.54, 1.807) is 24.3 Å². The van der Waals surface area contributed by atoms with E-state index in [2.05, 4.69) is 0 Å². The summed E-state index contributed by atoms with van der Waals surface area (Å²) in [6, 6.07) is 6.72. The SMILES string of the molecule is NC1(Cc2ccc(O)cc2)CCS(=O)(=O)C1. The van der Waals surface area contributed by atoms with Crippen molar-refractivity contribution < 1.29 is 13.5 Å². The van der Waals surface area contributed by atoms with Gasteiger partial charge in [0.15, 0.2) is 9.84 Å². The largest absolute Gasteiger partial charge is 0.508 e. The highest BCUT2D eigenvalue weighted by Gasteiger charge is 2.38. The van der Waals surface area contributed by atoms with Crippen LogP contribution < -0.4 is 5.73 Å². The van der Waals surface area contributed by atoms with Gasteiger partial charge in [-0.1, -0.05) is 12.1 Å². The smallest absolute Gasteiger partial charge is 0.152 e. The van der Waals surface area contributed by atoms with Crippen molar-refractivity contribution in [2.45, 2.75) is 18.4 Å². The van der Waals surface area contributed by atoms with Gasteiger partial charge in [-0.2, -0.15) is 0 Å². The van der Waals surface area contributed by atoms with Crippen molar-refractivity contribution >= 4 is 9.84 Å². The highest BCUT2D eigenvalue weighted by Crippen LogP contribution is 2.25. The standard InChI is InChI=1S/C11H15NO3S/c12-11(5-6-16(14,15)8-11)7-9-1-3-10(13)4-2-9/h1-4,13H,5-8,12H2. The van der Waals surface area contributed by atoms with Crippen molar-refractivity contribution in [1.82, 2.24) is 0 Å². The molecule has 1 fully saturated rings. The van der Waals surface area contributed by atoms with Crippen LogP contribution in [0, 0.1) is 0 Å². The fraction of sp³-hybridized carbons (Fsp3) is 0.455. The molecule has 0 spiro atoms. The van der Waals surface area contributed by atoms with Crippen LogP contribution >= 0.6 is 0 Å². The number of nitrogens with two attached hydrogens (primary N) is 1. The van der Waals surface area contributed by atoms with Crippen molar-refractivity contribution in [3.05, 3.63) is 29.8 Å². The van der Waals surface area contributed by atoms with Gasteiger partial charge in [0.1, 0.15) is 5.75 Å². The lowest BCUT2D eigenvalue weighted by atomic mass is 9.91. The van der Waals surface area contributed by atoms with Gasteiger partial charge in [-0.05, 0) is 30.5 Å². The van der Waals surface area contributed by atoms with E-state index in [1.165, 1.54) is 0 Å². The summed E-state index contributed by atoms with van der Waals surface area (Å²) in [5.41, 5.74) is 6.38. The summed E-state index contributed by atoms with van der Waals surface area (Å²) in [4.78, 5) is 0. The first-order valence-electron chi connectivity index (χ1n) is 5.16. The normalized spacial score (nSPS) is 28.1. The Labute approximate surface area is 95.0 Å². The van der Waals surface area contributed by atoms with Gasteiger partial charge in [-0.3, -0.25) is 0 Å². The first kappa shape index (κ1) is 11.4. The maximum Gasteiger partial charge on any atom is 0.152 e. The molecule has 0 bridgehead atoms. The molecule has 1 atom stereocenters. The maximum absolute atomic E-state index is 11.4. The zero-order chi connectivity index (χ0) is 11.8. The molecule has 0 radical (unpaired) electrons. The van der Waals surface area contributed by atoms with E-state index in [0.29, 0.717) is 12.8 Å². The topological polar surface area (TPSA) is 80.4 Å². The van der Waals surface area contributed by atoms with Crippen LogP contribution in [0.25, 0.3) is 0 Å². The lowest BCUT2D eigenvalue weighted by Crippen LogP contribution is -2.43. The predicted molar refractivity (Wildman–Crippen MR) is 62.0 cm³/mol. The second-order valence-corrected chi connectivity index (χ2v) is 6.73. The average molecular weight is 241 g/mol. The van der Waals surface area contributed by atoms with Gasteiger partial charge < -0.3 is 10.8 Å². The molecule has 4 nitrogen and oxygen atoms in total. The van der Waals surface area contributed by atoms with Crippen LogP contribution in [0.15, 0.2) is 24.3 Å². The van der Waals surface area contributed by atoms with Crippen LogP contribution in [-0.4, -0.2) is 30.6 Å². The summed E-state index contributed by atoms with van der Waals surface area (Å²) in [5, 5.41) is 9.14. The van der Waals surface area contributed by atoms with Gasteiger partial charge in [0, 0.05) is 5.54 Å². The van der Waals surface area contributed by atoms with Crippen molar-refractivity contribution in [1.29, 1.82) is 0 Å². The lowest BCUT2D eigenvalue weighted by Gasteiger charge is -2.21. The summed E-state index contributed by atoms with van der Waals surface area (Å²) in [6.45, 7) is 0. The van der Waals surface area contributed by atoms with E-state index in [-0.39, 0.29) is 17.3 Å². The second kappa shape index (κ2) is 3.75. The molecule has 1 aromatic carbocycles. The summed E-state index contributed by atoms with van der Waals surface area (Å²) in [6.07, 6.45) is 1.04. The highest BCUT2D eigenvalue weighted by atomic mass is 32.2. The Morgan fingerprint density at radius 3 is 2.44 bits per heavy atom. The molecule has 0 saturated carbocycles. The first-order valence-corrected chi connectivity index (χ1v) is 6.98. The van der Waals surface area contributed by atoms with Gasteiger partial charge in [-0.25, -0.2) is 8.42 Å². The Balaban J connectivity index is 2.13. The number of phenols is 1. The van der Waals surface area contributed by atoms with E-state index in [4.69, 9.17) is 10.8 Å². The third kappa shape index (κ3) is 2.54. The van der Waals surface area contributed by atoms with E-state index < -0.39 is 15.4 Å². The molecule has 2 rings (SSSR count). The zero-order valence-corrected chi connectivity index (χ0v) is 9.70. The third-order valence-electron chi connectivity index (χ3n) is 2.91. The Kier molecular flexibility index (Phi) is 2.67. The number of rotatable bonds is 2. The van der Waals surface area contributed by atoms with Crippen LogP contribution in [0.2, 0.25) is 0 Å². The fourth-order valence-corrected chi connectivity index (χ4v) is 4.09. The number of aromatic hydroxyl groups is 1. The molecule has 0 aromatic heterocycles. The van der Waals surface area contributed by atoms with E-state index in [0.717, 1.165) is 5.56 Å². The van der Waals surface area contributed by atoms with Gasteiger partial charge in [0.05, 0.1) is 11.5 Å². The van der Waals surface area contributed by atoms with E-state index >= 15 is 0 Å². The number of hydrogen-bond acceptors (Lipinski definition) is 4. The zero-order valence-electron chi connectivity index (χ0n) is 8.89. The molecule has 1 saturated heterocycles. The Bertz CT molecular complexity index is 480. The number of hydrogen-bond donors (Lipinski definition) is 2. The minimum absolute atomic E-state index is 0.0564. The molecule has 1 aliphatic heterocycles.